The topological polar surface area (TPSA) is 64.4 Å². The number of aryl methyl sites for hydroxylation is 2. The van der Waals surface area contributed by atoms with Crippen molar-refractivity contribution in [1.29, 1.82) is 0 Å². The Balaban J connectivity index is 1.76. The molecule has 0 bridgehead atoms. The smallest absolute Gasteiger partial charge is 0.225 e. The molecule has 3 rings (SSSR count). The van der Waals surface area contributed by atoms with E-state index in [9.17, 15) is 9.18 Å². The highest BCUT2D eigenvalue weighted by Gasteiger charge is 2.29. The second-order valence-corrected chi connectivity index (χ2v) is 6.13. The fourth-order valence-electron chi connectivity index (χ4n) is 3.07. The molecule has 2 aromatic rings. The van der Waals surface area contributed by atoms with E-state index in [1.807, 2.05) is 6.92 Å². The van der Waals surface area contributed by atoms with Crippen LogP contribution in [0.25, 0.3) is 0 Å². The number of hydrogen-bond acceptors (Lipinski definition) is 4. The molecule has 0 saturated carbocycles. The molecule has 1 fully saturated rings. The second-order valence-electron chi connectivity index (χ2n) is 6.13. The summed E-state index contributed by atoms with van der Waals surface area (Å²) in [5, 5.41) is 6.90. The van der Waals surface area contributed by atoms with Gasteiger partial charge in [0.2, 0.25) is 5.91 Å². The molecule has 1 aliphatic heterocycles. The van der Waals surface area contributed by atoms with Crippen LogP contribution < -0.4 is 5.32 Å². The van der Waals surface area contributed by atoms with Gasteiger partial charge < -0.3 is 14.6 Å². The summed E-state index contributed by atoms with van der Waals surface area (Å²) in [5.74, 6) is 0.221. The number of nitrogens with one attached hydrogen (secondary N) is 1. The first kappa shape index (κ1) is 16.6. The predicted molar refractivity (Wildman–Crippen MR) is 85.9 cm³/mol. The monoisotopic (exact) mass is 332 g/mol. The predicted octanol–water partition coefficient (Wildman–Crippen LogP) is 3.01. The van der Waals surface area contributed by atoms with Crippen LogP contribution in [0.2, 0.25) is 0 Å². The first-order valence-electron chi connectivity index (χ1n) is 8.13. The lowest BCUT2D eigenvalue weighted by molar-refractivity contribution is -0.122. The summed E-state index contributed by atoms with van der Waals surface area (Å²) in [4.78, 5) is 12.5. The molecule has 6 heteroatoms. The highest BCUT2D eigenvalue weighted by molar-refractivity contribution is 5.79. The Morgan fingerprint density at radius 1 is 1.38 bits per heavy atom. The number of rotatable bonds is 5. The molecule has 1 aliphatic rings. The van der Waals surface area contributed by atoms with Crippen LogP contribution in [0, 0.1) is 19.7 Å². The largest absolute Gasteiger partial charge is 0.376 e. The van der Waals surface area contributed by atoms with Crippen molar-refractivity contribution < 1.29 is 18.4 Å². The maximum absolute atomic E-state index is 13.2. The van der Waals surface area contributed by atoms with Crippen LogP contribution >= 0.6 is 0 Å². The van der Waals surface area contributed by atoms with Gasteiger partial charge in [-0.15, -0.1) is 0 Å². The van der Waals surface area contributed by atoms with Gasteiger partial charge in [0.05, 0.1) is 24.3 Å². The molecular formula is C18H21FN2O3. The third-order valence-electron chi connectivity index (χ3n) is 4.40. The van der Waals surface area contributed by atoms with Crippen molar-refractivity contribution in [3.05, 3.63) is 52.7 Å². The molecule has 1 aromatic carbocycles. The van der Waals surface area contributed by atoms with E-state index in [1.165, 1.54) is 12.1 Å². The number of hydrogen-bond donors (Lipinski definition) is 1. The Hall–Kier alpha value is -2.21. The fourth-order valence-corrected chi connectivity index (χ4v) is 3.07. The first-order valence-corrected chi connectivity index (χ1v) is 8.13. The molecule has 2 heterocycles. The van der Waals surface area contributed by atoms with Crippen LogP contribution in [0.5, 0.6) is 0 Å². The normalized spacial score (nSPS) is 18.5. The summed E-state index contributed by atoms with van der Waals surface area (Å²) in [6.45, 7) is 4.29. The molecule has 5 nitrogen and oxygen atoms in total. The van der Waals surface area contributed by atoms with Crippen LogP contribution in [0.3, 0.4) is 0 Å². The third-order valence-corrected chi connectivity index (χ3v) is 4.40. The Labute approximate surface area is 140 Å². The molecule has 128 valence electrons. The molecule has 0 spiro atoms. The van der Waals surface area contributed by atoms with E-state index in [0.717, 1.165) is 29.7 Å². The first-order chi connectivity index (χ1) is 11.5. The van der Waals surface area contributed by atoms with Gasteiger partial charge in [0.25, 0.3) is 0 Å². The Morgan fingerprint density at radius 3 is 2.71 bits per heavy atom. The summed E-state index contributed by atoms with van der Waals surface area (Å²) in [6.07, 6.45) is 1.94. The quantitative estimate of drug-likeness (QED) is 0.914. The summed E-state index contributed by atoms with van der Waals surface area (Å²) < 4.78 is 24.0. The van der Waals surface area contributed by atoms with Crippen molar-refractivity contribution in [2.75, 3.05) is 6.61 Å². The highest BCUT2D eigenvalue weighted by Crippen LogP contribution is 2.27. The molecule has 0 aliphatic carbocycles. The number of carbonyl (C=O) groups excluding carboxylic acids is 1. The van der Waals surface area contributed by atoms with E-state index in [-0.39, 0.29) is 30.3 Å². The van der Waals surface area contributed by atoms with Gasteiger partial charge in [-0.2, -0.15) is 0 Å². The average molecular weight is 332 g/mol. The van der Waals surface area contributed by atoms with E-state index < -0.39 is 0 Å². The molecule has 1 saturated heterocycles. The van der Waals surface area contributed by atoms with Crippen LogP contribution in [0.1, 0.15) is 41.5 Å². The van der Waals surface area contributed by atoms with Gasteiger partial charge in [0, 0.05) is 12.2 Å². The fraction of sp³-hybridized carbons (Fsp3) is 0.444. The van der Waals surface area contributed by atoms with Crippen LogP contribution in [-0.4, -0.2) is 23.8 Å². The van der Waals surface area contributed by atoms with Crippen molar-refractivity contribution >= 4 is 5.91 Å². The molecule has 2 atom stereocenters. The van der Waals surface area contributed by atoms with Crippen molar-refractivity contribution in [1.82, 2.24) is 10.5 Å². The molecule has 1 aromatic heterocycles. The van der Waals surface area contributed by atoms with Gasteiger partial charge in [-0.25, -0.2) is 4.39 Å². The maximum atomic E-state index is 13.2. The number of ether oxygens (including phenoxy) is 1. The minimum atomic E-state index is -0.299. The minimum Gasteiger partial charge on any atom is -0.376 e. The van der Waals surface area contributed by atoms with Crippen molar-refractivity contribution in [3.63, 3.8) is 0 Å². The van der Waals surface area contributed by atoms with E-state index in [4.69, 9.17) is 9.26 Å². The molecule has 1 N–H and O–H groups in total. The standard InChI is InChI=1S/C18H21FN2O3/c1-11-15(12(2)24-21-11)10-17(22)20-18(16-4-3-9-23-16)13-5-7-14(19)8-6-13/h5-8,16,18H,3-4,9-10H2,1-2H3,(H,20,22). The number of benzene rings is 1. The lowest BCUT2D eigenvalue weighted by atomic mass is 9.98. The summed E-state index contributed by atoms with van der Waals surface area (Å²) in [6, 6.07) is 5.90. The average Bonchev–Trinajstić information content (AvgIpc) is 3.19. The maximum Gasteiger partial charge on any atom is 0.225 e. The SMILES string of the molecule is Cc1noc(C)c1CC(=O)NC(c1ccc(F)cc1)C1CCCO1. The number of carbonyl (C=O) groups is 1. The second kappa shape index (κ2) is 7.13. The zero-order chi connectivity index (χ0) is 17.1. The lowest BCUT2D eigenvalue weighted by Gasteiger charge is -2.25. The van der Waals surface area contributed by atoms with E-state index >= 15 is 0 Å². The molecular weight excluding hydrogens is 311 g/mol. The van der Waals surface area contributed by atoms with E-state index in [0.29, 0.717) is 12.4 Å². The third kappa shape index (κ3) is 3.64. The summed E-state index contributed by atoms with van der Waals surface area (Å²) in [5.41, 5.74) is 2.37. The molecule has 0 radical (unpaired) electrons. The van der Waals surface area contributed by atoms with Crippen molar-refractivity contribution in [2.24, 2.45) is 0 Å². The number of amides is 1. The van der Waals surface area contributed by atoms with Gasteiger partial charge in [0.1, 0.15) is 11.6 Å². The Bertz CT molecular complexity index is 686. The zero-order valence-electron chi connectivity index (χ0n) is 13.8. The minimum absolute atomic E-state index is 0.0934. The van der Waals surface area contributed by atoms with E-state index in [2.05, 4.69) is 10.5 Å². The van der Waals surface area contributed by atoms with Gasteiger partial charge in [0.15, 0.2) is 0 Å². The van der Waals surface area contributed by atoms with Gasteiger partial charge in [-0.3, -0.25) is 4.79 Å². The molecule has 2 unspecified atom stereocenters. The van der Waals surface area contributed by atoms with Gasteiger partial charge in [-0.1, -0.05) is 17.3 Å². The van der Waals surface area contributed by atoms with Crippen LogP contribution in [0.15, 0.2) is 28.8 Å². The molecule has 24 heavy (non-hydrogen) atoms. The highest BCUT2D eigenvalue weighted by atomic mass is 19.1. The Kier molecular flexibility index (Phi) is 4.94. The van der Waals surface area contributed by atoms with Gasteiger partial charge in [-0.05, 0) is 44.4 Å². The van der Waals surface area contributed by atoms with Crippen molar-refractivity contribution in [3.8, 4) is 0 Å². The van der Waals surface area contributed by atoms with Gasteiger partial charge >= 0.3 is 0 Å². The zero-order valence-corrected chi connectivity index (χ0v) is 13.8. The number of nitrogens with zero attached hydrogens (tertiary/aromatic N) is 1. The summed E-state index contributed by atoms with van der Waals surface area (Å²) in [7, 11) is 0. The van der Waals surface area contributed by atoms with Crippen LogP contribution in [0.4, 0.5) is 4.39 Å². The van der Waals surface area contributed by atoms with Crippen molar-refractivity contribution in [2.45, 2.75) is 45.3 Å². The number of aromatic nitrogens is 1. The molecule has 1 amide bonds. The van der Waals surface area contributed by atoms with Crippen LogP contribution in [-0.2, 0) is 16.0 Å². The number of halogens is 1. The van der Waals surface area contributed by atoms with E-state index in [1.54, 1.807) is 19.1 Å². The lowest BCUT2D eigenvalue weighted by Crippen LogP contribution is -2.37. The Morgan fingerprint density at radius 2 is 2.12 bits per heavy atom. The summed E-state index contributed by atoms with van der Waals surface area (Å²) >= 11 is 0.